The lowest BCUT2D eigenvalue weighted by Crippen LogP contribution is -2.82. The van der Waals surface area contributed by atoms with Crippen LogP contribution in [0.4, 0.5) is 4.79 Å². The molecule has 3 unspecified atom stereocenters. The first-order valence-corrected chi connectivity index (χ1v) is 19.3. The van der Waals surface area contributed by atoms with Crippen LogP contribution in [-0.4, -0.2) is 110 Å². The Balaban J connectivity index is 1.49. The Bertz CT molecular complexity index is 1980. The van der Waals surface area contributed by atoms with Crippen LogP contribution in [0.15, 0.2) is 71.8 Å². The number of carbonyl (C=O) groups excluding carboxylic acids is 5. The van der Waals surface area contributed by atoms with Gasteiger partial charge in [0.25, 0.3) is 0 Å². The maximum Gasteiger partial charge on any atom is 0.408 e. The van der Waals surface area contributed by atoms with Gasteiger partial charge < -0.3 is 49.4 Å². The van der Waals surface area contributed by atoms with Crippen LogP contribution in [0.3, 0.4) is 0 Å². The van der Waals surface area contributed by atoms with Crippen LogP contribution in [0.1, 0.15) is 90.2 Å². The number of fused-ring (bicyclic) bond motifs is 5. The molecule has 1 saturated heterocycles. The summed E-state index contributed by atoms with van der Waals surface area (Å²) in [5.74, 6) is -5.32. The zero-order valence-electron chi connectivity index (χ0n) is 33.9. The highest BCUT2D eigenvalue weighted by molar-refractivity contribution is 6.02. The number of hydrogen-bond acceptors (Lipinski definition) is 14. The van der Waals surface area contributed by atoms with E-state index in [0.717, 1.165) is 6.92 Å². The molecule has 58 heavy (non-hydrogen) atoms. The summed E-state index contributed by atoms with van der Waals surface area (Å²) < 4.78 is 29.5. The van der Waals surface area contributed by atoms with Gasteiger partial charge in [0.1, 0.15) is 35.6 Å². The molecule has 15 heteroatoms. The molecule has 0 aromatic heterocycles. The Kier molecular flexibility index (Phi) is 11.2. The summed E-state index contributed by atoms with van der Waals surface area (Å²) in [7, 11) is 0. The molecule has 0 radical (unpaired) electrons. The van der Waals surface area contributed by atoms with Gasteiger partial charge in [0.2, 0.25) is 0 Å². The summed E-state index contributed by atoms with van der Waals surface area (Å²) in [5.41, 5.74) is -8.21. The van der Waals surface area contributed by atoms with E-state index in [2.05, 4.69) is 5.32 Å². The molecular weight excluding hydrogens is 754 g/mol. The number of alkyl carbamates (subject to hydrolysis) is 1. The Labute approximate surface area is 336 Å². The van der Waals surface area contributed by atoms with Crippen molar-refractivity contribution in [1.29, 1.82) is 0 Å². The molecule has 6 rings (SSSR count). The zero-order chi connectivity index (χ0) is 42.7. The minimum atomic E-state index is -2.37. The zero-order valence-corrected chi connectivity index (χ0v) is 33.9. The summed E-state index contributed by atoms with van der Waals surface area (Å²) in [4.78, 5) is 68.8. The first-order chi connectivity index (χ1) is 27.0. The normalized spacial score (nSPS) is 33.7. The molecule has 1 aliphatic heterocycles. The molecule has 15 nitrogen and oxygen atoms in total. The lowest BCUT2D eigenvalue weighted by molar-refractivity contribution is -0.357. The number of hydrogen-bond donors (Lipinski definition) is 5. The second kappa shape index (κ2) is 15.2. The number of Topliss-reactive ketones (excluding diaryl/α,β-unsaturated/α-hetero) is 1. The van der Waals surface area contributed by atoms with E-state index >= 15 is 0 Å². The summed E-state index contributed by atoms with van der Waals surface area (Å²) in [5, 5.41) is 51.7. The van der Waals surface area contributed by atoms with Gasteiger partial charge in [0.15, 0.2) is 17.5 Å². The average molecular weight is 808 g/mol. The van der Waals surface area contributed by atoms with Gasteiger partial charge in [-0.2, -0.15) is 0 Å². The number of rotatable bonds is 8. The predicted molar refractivity (Wildman–Crippen MR) is 204 cm³/mol. The topological polar surface area (TPSA) is 224 Å². The van der Waals surface area contributed by atoms with Gasteiger partial charge in [0, 0.05) is 36.2 Å². The van der Waals surface area contributed by atoms with Crippen molar-refractivity contribution in [3.8, 4) is 0 Å². The highest BCUT2D eigenvalue weighted by Gasteiger charge is 2.78. The first kappa shape index (κ1) is 42.9. The molecule has 2 bridgehead atoms. The fourth-order valence-corrected chi connectivity index (χ4v) is 9.54. The van der Waals surface area contributed by atoms with Gasteiger partial charge in [-0.25, -0.2) is 14.4 Å². The number of ketones is 1. The van der Waals surface area contributed by atoms with E-state index in [1.54, 1.807) is 69.3 Å². The lowest BCUT2D eigenvalue weighted by Gasteiger charge is -2.68. The van der Waals surface area contributed by atoms with Crippen LogP contribution in [-0.2, 0) is 38.1 Å². The van der Waals surface area contributed by atoms with E-state index in [1.165, 1.54) is 39.8 Å². The minimum absolute atomic E-state index is 0.0851. The summed E-state index contributed by atoms with van der Waals surface area (Å²) in [6.07, 6.45) is -11.4. The van der Waals surface area contributed by atoms with Gasteiger partial charge in [-0.05, 0) is 51.0 Å². The second-order valence-electron chi connectivity index (χ2n) is 17.6. The van der Waals surface area contributed by atoms with Crippen molar-refractivity contribution >= 4 is 29.8 Å². The predicted octanol–water partition coefficient (Wildman–Crippen LogP) is 3.26. The van der Waals surface area contributed by atoms with E-state index in [4.69, 9.17) is 23.7 Å². The number of benzene rings is 2. The van der Waals surface area contributed by atoms with Crippen molar-refractivity contribution in [2.45, 2.75) is 128 Å². The second-order valence-corrected chi connectivity index (χ2v) is 17.6. The minimum Gasteiger partial charge on any atom is -0.456 e. The highest BCUT2D eigenvalue weighted by Crippen LogP contribution is 2.64. The number of nitrogens with one attached hydrogen (secondary N) is 1. The van der Waals surface area contributed by atoms with E-state index in [-0.39, 0.29) is 29.7 Å². The molecule has 314 valence electrons. The van der Waals surface area contributed by atoms with Crippen LogP contribution in [0, 0.1) is 16.7 Å². The Morgan fingerprint density at radius 1 is 0.948 bits per heavy atom. The van der Waals surface area contributed by atoms with Crippen molar-refractivity contribution in [2.75, 3.05) is 6.61 Å². The molecule has 4 aliphatic rings. The van der Waals surface area contributed by atoms with Crippen molar-refractivity contribution < 1.29 is 68.1 Å². The smallest absolute Gasteiger partial charge is 0.408 e. The molecule has 2 aromatic rings. The molecule has 1 amide bonds. The average Bonchev–Trinajstić information content (AvgIpc) is 3.14. The Morgan fingerprint density at radius 2 is 1.55 bits per heavy atom. The van der Waals surface area contributed by atoms with Crippen LogP contribution in [0.2, 0.25) is 0 Å². The number of ether oxygens (including phenoxy) is 5. The van der Waals surface area contributed by atoms with Crippen LogP contribution < -0.4 is 5.32 Å². The van der Waals surface area contributed by atoms with Gasteiger partial charge in [-0.15, -0.1) is 0 Å². The van der Waals surface area contributed by atoms with E-state index in [9.17, 15) is 44.4 Å². The highest BCUT2D eigenvalue weighted by atomic mass is 16.6. The number of aliphatic hydroxyl groups is 4. The third kappa shape index (κ3) is 7.10. The summed E-state index contributed by atoms with van der Waals surface area (Å²) in [6, 6.07) is 14.6. The number of aliphatic hydroxyl groups excluding tert-OH is 3. The quantitative estimate of drug-likeness (QED) is 0.191. The molecule has 3 fully saturated rings. The molecule has 2 saturated carbocycles. The van der Waals surface area contributed by atoms with Gasteiger partial charge in [0.05, 0.1) is 30.2 Å². The molecule has 3 aliphatic carbocycles. The van der Waals surface area contributed by atoms with Crippen molar-refractivity contribution in [2.24, 2.45) is 16.7 Å². The fourth-order valence-electron chi connectivity index (χ4n) is 9.54. The van der Waals surface area contributed by atoms with Gasteiger partial charge in [-0.3, -0.25) is 9.59 Å². The molecule has 0 spiro atoms. The van der Waals surface area contributed by atoms with Crippen LogP contribution in [0.25, 0.3) is 0 Å². The molecular formula is C43H53NO14. The summed E-state index contributed by atoms with van der Waals surface area (Å²) >= 11 is 0. The number of amides is 1. The SMILES string of the molecule is CC(=O)O[C@@]12CO[C@@H]1C[C@H](O)[C@@]1(C)C(O)C(=O)C3=C(C)[C@@H](OC(=O)[C@@H](O)C(NC(=O)OC(C)(C)C)c4ccccc4)C[C@@](O)([C@@H](OC(=O)c4ccccc4)C12)C3(C)C. The largest absolute Gasteiger partial charge is 0.456 e. The Hall–Kier alpha value is -4.67. The van der Waals surface area contributed by atoms with Crippen molar-refractivity contribution in [3.05, 3.63) is 82.9 Å². The van der Waals surface area contributed by atoms with E-state index < -0.39 is 112 Å². The van der Waals surface area contributed by atoms with E-state index in [0.29, 0.717) is 5.56 Å². The van der Waals surface area contributed by atoms with Crippen LogP contribution in [0.5, 0.6) is 0 Å². The van der Waals surface area contributed by atoms with Crippen LogP contribution >= 0.6 is 0 Å². The fraction of sp³-hybridized carbons (Fsp3) is 0.558. The molecule has 5 N–H and O–H groups in total. The standard InChI is InChI=1S/C43H53NO14/c1-22-26(55-37(51)32(48)30(24-15-11-9-12-16-24)44-38(52)58-39(3,4)5)20-43(53)35(56-36(50)25-17-13-10-14-18-25)33-41(8,34(49)31(47)29(22)40(43,6)7)27(46)19-28-42(33,21-54-28)57-23(2)45/h9-18,26-28,30,32-35,46,48-49,53H,19-21H2,1-8H3,(H,44,52)/t26-,27-,28+,30?,32-,33?,34?,35-,41+,42-,43+/m0/s1. The summed E-state index contributed by atoms with van der Waals surface area (Å²) in [6.45, 7) is 11.8. The third-order valence-electron chi connectivity index (χ3n) is 12.6. The monoisotopic (exact) mass is 807 g/mol. The van der Waals surface area contributed by atoms with Gasteiger partial charge >= 0.3 is 24.0 Å². The Morgan fingerprint density at radius 3 is 2.10 bits per heavy atom. The molecule has 2 aromatic carbocycles. The number of carbonyl (C=O) groups is 5. The maximum atomic E-state index is 14.8. The molecule has 11 atom stereocenters. The lowest BCUT2D eigenvalue weighted by atomic mass is 9.44. The van der Waals surface area contributed by atoms with Crippen molar-refractivity contribution in [1.82, 2.24) is 5.32 Å². The van der Waals surface area contributed by atoms with Gasteiger partial charge in [-0.1, -0.05) is 69.3 Å². The number of esters is 3. The van der Waals surface area contributed by atoms with Crippen molar-refractivity contribution in [3.63, 3.8) is 0 Å². The first-order valence-electron chi connectivity index (χ1n) is 19.3. The maximum absolute atomic E-state index is 14.8. The third-order valence-corrected chi connectivity index (χ3v) is 12.6. The molecule has 1 heterocycles. The van der Waals surface area contributed by atoms with E-state index in [1.807, 2.05) is 0 Å².